The molecule has 0 aliphatic rings. The van der Waals surface area contributed by atoms with E-state index >= 15 is 0 Å². The van der Waals surface area contributed by atoms with Gasteiger partial charge in [-0.1, -0.05) is 6.92 Å². The molecule has 0 aliphatic heterocycles. The van der Waals surface area contributed by atoms with E-state index in [0.29, 0.717) is 17.9 Å². The van der Waals surface area contributed by atoms with Gasteiger partial charge < -0.3 is 9.29 Å². The summed E-state index contributed by atoms with van der Waals surface area (Å²) < 4.78 is 37.7. The van der Waals surface area contributed by atoms with Crippen LogP contribution in [-0.4, -0.2) is 19.6 Å². The second kappa shape index (κ2) is 7.10. The molecule has 4 nitrogen and oxygen atoms in total. The molecule has 1 rings (SSSR count). The molecular formula is C10H13KO4S. The predicted octanol–water partition coefficient (Wildman–Crippen LogP) is -1.31. The zero-order chi connectivity index (χ0) is 11.5. The van der Waals surface area contributed by atoms with Crippen LogP contribution >= 0.6 is 0 Å². The van der Waals surface area contributed by atoms with Crippen LogP contribution in [0.3, 0.4) is 0 Å². The summed E-state index contributed by atoms with van der Waals surface area (Å²) in [5.41, 5.74) is 0.415. The van der Waals surface area contributed by atoms with Gasteiger partial charge in [-0.15, -0.1) is 0 Å². The molecule has 0 bridgehead atoms. The van der Waals surface area contributed by atoms with Crippen molar-refractivity contribution in [1.29, 1.82) is 0 Å². The number of hydrogen-bond donors (Lipinski definition) is 0. The fourth-order valence-electron chi connectivity index (χ4n) is 1.21. The third-order valence-corrected chi connectivity index (χ3v) is 2.89. The Morgan fingerprint density at radius 3 is 2.44 bits per heavy atom. The summed E-state index contributed by atoms with van der Waals surface area (Å²) >= 11 is 0. The molecule has 0 aromatic heterocycles. The van der Waals surface area contributed by atoms with Gasteiger partial charge >= 0.3 is 51.4 Å². The van der Waals surface area contributed by atoms with Crippen LogP contribution in [0.25, 0.3) is 0 Å². The van der Waals surface area contributed by atoms with Gasteiger partial charge in [-0.3, -0.25) is 0 Å². The molecule has 6 heteroatoms. The van der Waals surface area contributed by atoms with Crippen molar-refractivity contribution in [1.82, 2.24) is 0 Å². The van der Waals surface area contributed by atoms with Crippen molar-refractivity contribution in [2.24, 2.45) is 0 Å². The molecule has 0 spiro atoms. The molecular weight excluding hydrogens is 255 g/mol. The van der Waals surface area contributed by atoms with E-state index in [-0.39, 0.29) is 56.3 Å². The second-order valence-corrected chi connectivity index (χ2v) is 4.58. The first kappa shape index (κ1) is 16.6. The van der Waals surface area contributed by atoms with Gasteiger partial charge in [0, 0.05) is 0 Å². The minimum atomic E-state index is -4.38. The monoisotopic (exact) mass is 268 g/mol. The van der Waals surface area contributed by atoms with Crippen LogP contribution < -0.4 is 56.1 Å². The van der Waals surface area contributed by atoms with E-state index in [1.54, 1.807) is 13.0 Å². The Morgan fingerprint density at radius 1 is 1.38 bits per heavy atom. The minimum Gasteiger partial charge on any atom is -0.744 e. The van der Waals surface area contributed by atoms with Crippen molar-refractivity contribution < 1.29 is 69.1 Å². The molecule has 1 aromatic carbocycles. The van der Waals surface area contributed by atoms with Crippen LogP contribution in [0.15, 0.2) is 23.1 Å². The van der Waals surface area contributed by atoms with Crippen LogP contribution in [0.1, 0.15) is 18.9 Å². The van der Waals surface area contributed by atoms with E-state index in [0.717, 1.165) is 6.42 Å². The van der Waals surface area contributed by atoms with E-state index in [1.165, 1.54) is 12.1 Å². The normalized spacial score (nSPS) is 10.7. The molecule has 16 heavy (non-hydrogen) atoms. The van der Waals surface area contributed by atoms with E-state index in [9.17, 15) is 13.0 Å². The average molecular weight is 268 g/mol. The summed E-state index contributed by atoms with van der Waals surface area (Å²) in [7, 11) is -4.38. The molecule has 0 aliphatic carbocycles. The number of rotatable bonds is 4. The first-order valence-corrected chi connectivity index (χ1v) is 6.05. The third-order valence-electron chi connectivity index (χ3n) is 1.89. The van der Waals surface area contributed by atoms with Gasteiger partial charge in [0.05, 0.1) is 11.5 Å². The van der Waals surface area contributed by atoms with E-state index in [1.807, 2.05) is 6.92 Å². The van der Waals surface area contributed by atoms with Crippen LogP contribution in [0.5, 0.6) is 5.75 Å². The molecule has 0 N–H and O–H groups in total. The van der Waals surface area contributed by atoms with Gasteiger partial charge in [-0.25, -0.2) is 8.42 Å². The molecule has 0 amide bonds. The van der Waals surface area contributed by atoms with Crippen molar-refractivity contribution in [2.45, 2.75) is 25.2 Å². The van der Waals surface area contributed by atoms with Gasteiger partial charge in [0.15, 0.2) is 0 Å². The van der Waals surface area contributed by atoms with Gasteiger partial charge in [0.25, 0.3) is 0 Å². The zero-order valence-electron chi connectivity index (χ0n) is 9.69. The average Bonchev–Trinajstić information content (AvgIpc) is 2.12. The molecule has 0 atom stereocenters. The Bertz CT molecular complexity index is 442. The zero-order valence-corrected chi connectivity index (χ0v) is 13.6. The second-order valence-electron chi connectivity index (χ2n) is 3.23. The molecule has 0 unspecified atom stereocenters. The largest absolute Gasteiger partial charge is 1.00 e. The van der Waals surface area contributed by atoms with E-state index in [2.05, 4.69) is 0 Å². The standard InChI is InChI=1S/C10H14O4S.K/c1-3-6-14-9-4-5-10(8(2)7-9)15(11,12)13;/h4-5,7H,3,6H2,1-2H3,(H,11,12,13);/q;+1/p-1. The topological polar surface area (TPSA) is 66.4 Å². The third kappa shape index (κ3) is 4.83. The minimum absolute atomic E-state index is 0. The number of ether oxygens (including phenoxy) is 1. The molecule has 0 saturated carbocycles. The van der Waals surface area contributed by atoms with Gasteiger partial charge in [-0.2, -0.15) is 0 Å². The fraction of sp³-hybridized carbons (Fsp3) is 0.400. The summed E-state index contributed by atoms with van der Waals surface area (Å²) in [6.07, 6.45) is 0.876. The molecule has 0 radical (unpaired) electrons. The van der Waals surface area contributed by atoms with Crippen molar-refractivity contribution in [2.75, 3.05) is 6.61 Å². The van der Waals surface area contributed by atoms with Crippen molar-refractivity contribution in [3.05, 3.63) is 23.8 Å². The molecule has 1 aromatic rings. The van der Waals surface area contributed by atoms with E-state index in [4.69, 9.17) is 4.74 Å². The van der Waals surface area contributed by atoms with Crippen molar-refractivity contribution >= 4 is 10.1 Å². The summed E-state index contributed by atoms with van der Waals surface area (Å²) in [6, 6.07) is 4.33. The van der Waals surface area contributed by atoms with Gasteiger partial charge in [0.2, 0.25) is 0 Å². The predicted molar refractivity (Wildman–Crippen MR) is 54.9 cm³/mol. The summed E-state index contributed by atoms with van der Waals surface area (Å²) in [6.45, 7) is 4.12. The maximum atomic E-state index is 10.8. The summed E-state index contributed by atoms with van der Waals surface area (Å²) in [4.78, 5) is -0.189. The maximum absolute atomic E-state index is 10.8. The summed E-state index contributed by atoms with van der Waals surface area (Å²) in [5.74, 6) is 0.585. The fourth-order valence-corrected chi connectivity index (χ4v) is 1.90. The Labute approximate surface area is 139 Å². The van der Waals surface area contributed by atoms with Crippen LogP contribution in [0.2, 0.25) is 0 Å². The molecule has 0 heterocycles. The Balaban J connectivity index is 0.00000225. The van der Waals surface area contributed by atoms with Crippen molar-refractivity contribution in [3.63, 3.8) is 0 Å². The summed E-state index contributed by atoms with van der Waals surface area (Å²) in [5, 5.41) is 0. The molecule has 84 valence electrons. The first-order chi connectivity index (χ1) is 6.95. The molecule has 0 saturated heterocycles. The number of benzene rings is 1. The number of aryl methyl sites for hydroxylation is 1. The Kier molecular flexibility index (Phi) is 7.35. The van der Waals surface area contributed by atoms with Crippen LogP contribution in [0.4, 0.5) is 0 Å². The molecule has 0 fully saturated rings. The Morgan fingerprint density at radius 2 is 2.00 bits per heavy atom. The number of hydrogen-bond acceptors (Lipinski definition) is 4. The Hall–Kier alpha value is 0.566. The van der Waals surface area contributed by atoms with Crippen LogP contribution in [0, 0.1) is 6.92 Å². The van der Waals surface area contributed by atoms with Gasteiger partial charge in [0.1, 0.15) is 15.9 Å². The van der Waals surface area contributed by atoms with Gasteiger partial charge in [-0.05, 0) is 37.1 Å². The van der Waals surface area contributed by atoms with Crippen molar-refractivity contribution in [3.8, 4) is 5.75 Å². The smallest absolute Gasteiger partial charge is 0.744 e. The maximum Gasteiger partial charge on any atom is 1.00 e. The SMILES string of the molecule is CCCOc1ccc(S(=O)(=O)[O-])c(C)c1.[K+]. The van der Waals surface area contributed by atoms with E-state index < -0.39 is 10.1 Å². The quantitative estimate of drug-likeness (QED) is 0.502. The van der Waals surface area contributed by atoms with Crippen LogP contribution in [-0.2, 0) is 10.1 Å². The first-order valence-electron chi connectivity index (χ1n) is 4.64.